The molecule has 0 N–H and O–H groups in total. The van der Waals surface area contributed by atoms with Gasteiger partial charge in [-0.2, -0.15) is 0 Å². The van der Waals surface area contributed by atoms with Crippen LogP contribution in [0.2, 0.25) is 0 Å². The summed E-state index contributed by atoms with van der Waals surface area (Å²) in [6, 6.07) is 0. The highest BCUT2D eigenvalue weighted by atomic mass is 31.2. The van der Waals surface area contributed by atoms with Gasteiger partial charge in [-0.3, -0.25) is 14.2 Å². The first-order chi connectivity index (χ1) is 36.0. The Morgan fingerprint density at radius 3 is 1.16 bits per heavy atom. The average Bonchev–Trinajstić information content (AvgIpc) is 3.36. The summed E-state index contributed by atoms with van der Waals surface area (Å²) in [6.45, 7) is 4.16. The van der Waals surface area contributed by atoms with Crippen molar-refractivity contribution in [2.24, 2.45) is 0 Å². The van der Waals surface area contributed by atoms with E-state index in [2.05, 4.69) is 74.6 Å². The first-order valence-electron chi connectivity index (χ1n) is 31.0. The molecule has 0 aliphatic rings. The fraction of sp³-hybridized carbons (Fsp3) is 0.812. The van der Waals surface area contributed by atoms with Crippen molar-refractivity contribution in [1.82, 2.24) is 0 Å². The summed E-state index contributed by atoms with van der Waals surface area (Å²) in [5, 5.41) is 0. The monoisotopic (exact) mass is 1060 g/mol. The molecule has 9 nitrogen and oxygen atoms in total. The van der Waals surface area contributed by atoms with Gasteiger partial charge in [0.15, 0.2) is 6.10 Å². The van der Waals surface area contributed by atoms with E-state index in [4.69, 9.17) is 18.5 Å². The Morgan fingerprint density at radius 2 is 0.770 bits per heavy atom. The maximum Gasteiger partial charge on any atom is 0.306 e. The highest BCUT2D eigenvalue weighted by molar-refractivity contribution is 7.45. The van der Waals surface area contributed by atoms with Crippen molar-refractivity contribution < 1.29 is 42.1 Å². The summed E-state index contributed by atoms with van der Waals surface area (Å²) in [5.74, 6) is -0.829. The zero-order chi connectivity index (χ0) is 54.2. The second kappa shape index (κ2) is 55.5. The normalized spacial score (nSPS) is 13.6. The minimum absolute atomic E-state index is 0.0325. The lowest BCUT2D eigenvalue weighted by Crippen LogP contribution is -2.37. The Kier molecular flexibility index (Phi) is 53.7. The molecular weight excluding hydrogens is 942 g/mol. The standard InChI is InChI=1S/C64H118NO8P/c1-6-8-10-12-14-16-18-20-22-24-26-28-30-31-32-33-35-36-38-40-42-44-46-48-50-52-54-56-63(66)70-60-62(61-72-74(68,69)71-59-58-65(3,4)5)73-64(67)57-55-53-51-49-47-45-43-41-39-37-34-29-27-25-23-21-19-17-15-13-11-9-7-2/h9,11,15,17,21,23-24,26-27,29,62H,6-8,10,12-14,16,18-20,22,25,28,30-61H2,1-5H3/b11-9-,17-15-,23-21-,26-24-,29-27-. The van der Waals surface area contributed by atoms with Crippen LogP contribution in [0.3, 0.4) is 0 Å². The summed E-state index contributed by atoms with van der Waals surface area (Å²) in [4.78, 5) is 37.9. The third-order valence-corrected chi connectivity index (χ3v) is 14.5. The van der Waals surface area contributed by atoms with Crippen molar-refractivity contribution in [1.29, 1.82) is 0 Å². The van der Waals surface area contributed by atoms with Crippen LogP contribution in [0.25, 0.3) is 0 Å². The molecule has 0 radical (unpaired) electrons. The first-order valence-corrected chi connectivity index (χ1v) is 32.5. The van der Waals surface area contributed by atoms with E-state index in [-0.39, 0.29) is 32.0 Å². The summed E-state index contributed by atoms with van der Waals surface area (Å²) in [5.41, 5.74) is 0. The molecule has 0 aliphatic heterocycles. The van der Waals surface area contributed by atoms with Gasteiger partial charge in [0, 0.05) is 12.8 Å². The number of hydrogen-bond donors (Lipinski definition) is 0. The smallest absolute Gasteiger partial charge is 0.306 e. The molecule has 0 fully saturated rings. The number of unbranched alkanes of at least 4 members (excludes halogenated alkanes) is 33. The molecule has 2 unspecified atom stereocenters. The predicted molar refractivity (Wildman–Crippen MR) is 314 cm³/mol. The molecule has 0 amide bonds. The van der Waals surface area contributed by atoms with Crippen LogP contribution in [0.4, 0.5) is 0 Å². The van der Waals surface area contributed by atoms with E-state index < -0.39 is 26.5 Å². The zero-order valence-electron chi connectivity index (χ0n) is 49.0. The first kappa shape index (κ1) is 71.7. The van der Waals surface area contributed by atoms with E-state index in [1.807, 2.05) is 21.1 Å². The minimum atomic E-state index is -4.64. The Bertz CT molecular complexity index is 1430. The van der Waals surface area contributed by atoms with E-state index in [9.17, 15) is 19.0 Å². The molecule has 0 rings (SSSR count). The number of rotatable bonds is 57. The third kappa shape index (κ3) is 59.0. The van der Waals surface area contributed by atoms with Crippen molar-refractivity contribution in [2.45, 2.75) is 290 Å². The van der Waals surface area contributed by atoms with Crippen molar-refractivity contribution in [3.63, 3.8) is 0 Å². The van der Waals surface area contributed by atoms with E-state index in [1.54, 1.807) is 0 Å². The molecule has 0 aromatic rings. The second-order valence-corrected chi connectivity index (χ2v) is 23.4. The molecule has 0 saturated carbocycles. The molecule has 0 saturated heterocycles. The number of hydrogen-bond acceptors (Lipinski definition) is 8. The number of ether oxygens (including phenoxy) is 2. The van der Waals surface area contributed by atoms with Crippen LogP contribution in [0.15, 0.2) is 60.8 Å². The molecular formula is C64H118NO8P. The molecule has 0 aromatic carbocycles. The highest BCUT2D eigenvalue weighted by Gasteiger charge is 2.22. The van der Waals surface area contributed by atoms with Gasteiger partial charge in [0.05, 0.1) is 27.7 Å². The fourth-order valence-electron chi connectivity index (χ4n) is 8.76. The predicted octanol–water partition coefficient (Wildman–Crippen LogP) is 18.9. The van der Waals surface area contributed by atoms with Crippen LogP contribution < -0.4 is 4.89 Å². The molecule has 10 heteroatoms. The minimum Gasteiger partial charge on any atom is -0.756 e. The molecule has 0 bridgehead atoms. The number of allylic oxidation sites excluding steroid dienone is 10. The van der Waals surface area contributed by atoms with E-state index in [0.29, 0.717) is 17.4 Å². The van der Waals surface area contributed by atoms with E-state index in [1.165, 1.54) is 180 Å². The number of likely N-dealkylation sites (N-methyl/N-ethyl adjacent to an activating group) is 1. The van der Waals surface area contributed by atoms with Crippen LogP contribution in [0.1, 0.15) is 284 Å². The van der Waals surface area contributed by atoms with Gasteiger partial charge in [-0.05, 0) is 77.0 Å². The van der Waals surface area contributed by atoms with E-state index in [0.717, 1.165) is 70.6 Å². The van der Waals surface area contributed by atoms with Gasteiger partial charge in [-0.25, -0.2) is 0 Å². The SMILES string of the molecule is CC/C=C\C/C=C\C/C=C\C/C=C\CCCCCCCCCCCCC(=O)OC(COC(=O)CCCCCCCCCCCCCCCCC/C=C\CCCCCCCCCC)COP(=O)([O-])OCC[N+](C)(C)C. The zero-order valence-corrected chi connectivity index (χ0v) is 49.9. The topological polar surface area (TPSA) is 111 Å². The van der Waals surface area contributed by atoms with Crippen molar-refractivity contribution >= 4 is 19.8 Å². The number of nitrogens with zero attached hydrogens (tertiary/aromatic N) is 1. The number of phosphoric acid groups is 1. The highest BCUT2D eigenvalue weighted by Crippen LogP contribution is 2.38. The van der Waals surface area contributed by atoms with Crippen molar-refractivity contribution in [2.75, 3.05) is 47.5 Å². The molecule has 0 aromatic heterocycles. The summed E-state index contributed by atoms with van der Waals surface area (Å²) in [7, 11) is 1.17. The molecule has 0 spiro atoms. The van der Waals surface area contributed by atoms with Gasteiger partial charge in [0.2, 0.25) is 0 Å². The molecule has 74 heavy (non-hydrogen) atoms. The Morgan fingerprint density at radius 1 is 0.432 bits per heavy atom. The summed E-state index contributed by atoms with van der Waals surface area (Å²) >= 11 is 0. The van der Waals surface area contributed by atoms with Gasteiger partial charge in [0.1, 0.15) is 19.8 Å². The summed E-state index contributed by atoms with van der Waals surface area (Å²) < 4.78 is 34.2. The molecule has 0 aliphatic carbocycles. The lowest BCUT2D eigenvalue weighted by Gasteiger charge is -2.28. The number of quaternary nitrogens is 1. The summed E-state index contributed by atoms with van der Waals surface area (Å²) in [6.07, 6.45) is 71.3. The third-order valence-electron chi connectivity index (χ3n) is 13.5. The van der Waals surface area contributed by atoms with Crippen LogP contribution in [-0.2, 0) is 32.7 Å². The van der Waals surface area contributed by atoms with Crippen LogP contribution >= 0.6 is 7.82 Å². The maximum absolute atomic E-state index is 12.8. The lowest BCUT2D eigenvalue weighted by atomic mass is 10.0. The average molecular weight is 1060 g/mol. The molecule has 432 valence electrons. The number of phosphoric ester groups is 1. The quantitative estimate of drug-likeness (QED) is 0.0195. The van der Waals surface area contributed by atoms with Gasteiger partial charge < -0.3 is 27.9 Å². The van der Waals surface area contributed by atoms with Crippen LogP contribution in [0.5, 0.6) is 0 Å². The lowest BCUT2D eigenvalue weighted by molar-refractivity contribution is -0.870. The van der Waals surface area contributed by atoms with Crippen molar-refractivity contribution in [3.05, 3.63) is 60.8 Å². The Hall–Kier alpha value is -2.29. The number of esters is 2. The Balaban J connectivity index is 4.10. The maximum atomic E-state index is 12.8. The number of carbonyl (C=O) groups excluding carboxylic acids is 2. The van der Waals surface area contributed by atoms with Gasteiger partial charge in [-0.1, -0.05) is 254 Å². The number of carbonyl (C=O) groups is 2. The molecule has 0 heterocycles. The molecule has 2 atom stereocenters. The van der Waals surface area contributed by atoms with Gasteiger partial charge in [-0.15, -0.1) is 0 Å². The fourth-order valence-corrected chi connectivity index (χ4v) is 9.49. The largest absolute Gasteiger partial charge is 0.756 e. The Labute approximate surface area is 457 Å². The van der Waals surface area contributed by atoms with E-state index >= 15 is 0 Å². The van der Waals surface area contributed by atoms with Gasteiger partial charge in [0.25, 0.3) is 7.82 Å². The van der Waals surface area contributed by atoms with Crippen LogP contribution in [0, 0.1) is 0 Å². The van der Waals surface area contributed by atoms with Gasteiger partial charge >= 0.3 is 11.9 Å². The van der Waals surface area contributed by atoms with Crippen LogP contribution in [-0.4, -0.2) is 70.0 Å². The second-order valence-electron chi connectivity index (χ2n) is 22.0. The van der Waals surface area contributed by atoms with Crippen molar-refractivity contribution in [3.8, 4) is 0 Å².